The maximum Gasteiger partial charge on any atom is 0.290 e. The molecule has 41 heavy (non-hydrogen) atoms. The highest BCUT2D eigenvalue weighted by molar-refractivity contribution is 6.31. The van der Waals surface area contributed by atoms with E-state index in [9.17, 15) is 0 Å². The molecule has 1 aromatic heterocycles. The minimum absolute atomic E-state index is 0.101. The number of hydrogen-bond acceptors (Lipinski definition) is 1. The van der Waals surface area contributed by atoms with E-state index in [0.29, 0.717) is 10.8 Å². The summed E-state index contributed by atoms with van der Waals surface area (Å²) in [5, 5.41) is 8.96. The van der Waals surface area contributed by atoms with Gasteiger partial charge in [0, 0.05) is 33.5 Å². The van der Waals surface area contributed by atoms with Gasteiger partial charge in [-0.2, -0.15) is 0 Å². The Morgan fingerprint density at radius 2 is 1.78 bits per heavy atom. The van der Waals surface area contributed by atoms with Gasteiger partial charge in [0.25, 0.3) is 6.47 Å². The normalized spacial score (nSPS) is 37.4. The summed E-state index contributed by atoms with van der Waals surface area (Å²) in [6.07, 6.45) is 14.5. The lowest BCUT2D eigenvalue weighted by Gasteiger charge is -2.69. The van der Waals surface area contributed by atoms with Crippen LogP contribution in [0, 0.1) is 35.0 Å². The van der Waals surface area contributed by atoms with Crippen LogP contribution >= 0.6 is 11.6 Å². The molecule has 3 nitrogen and oxygen atoms in total. The third-order valence-corrected chi connectivity index (χ3v) is 13.1. The molecule has 0 amide bonds. The van der Waals surface area contributed by atoms with Crippen LogP contribution in [0.5, 0.6) is 0 Å². The molecule has 0 saturated heterocycles. The number of allylic oxidation sites excluding steroid dienone is 2. The van der Waals surface area contributed by atoms with Crippen LogP contribution in [-0.4, -0.2) is 16.6 Å². The number of aromatic amines is 1. The van der Waals surface area contributed by atoms with E-state index in [0.717, 1.165) is 16.9 Å². The average molecular weight is 572 g/mol. The van der Waals surface area contributed by atoms with E-state index in [4.69, 9.17) is 21.5 Å². The SMILES string of the molecule is Cc1cccc2c1C(c1c[nH]c3ccc(Cl)cc13)C=C1C2(C)CC[C@@]2(C)C3CC(C)CCC3(C)CCC12C.O=CO. The van der Waals surface area contributed by atoms with Crippen LogP contribution in [0.15, 0.2) is 54.2 Å². The van der Waals surface area contributed by atoms with E-state index in [-0.39, 0.29) is 23.2 Å². The first-order valence-electron chi connectivity index (χ1n) is 15.6. The number of aryl methyl sites for hydroxylation is 1. The second kappa shape index (κ2) is 9.76. The Kier molecular flexibility index (Phi) is 6.81. The van der Waals surface area contributed by atoms with Crippen molar-refractivity contribution in [3.63, 3.8) is 0 Å². The van der Waals surface area contributed by atoms with Gasteiger partial charge in [0.2, 0.25) is 0 Å². The molecule has 4 aliphatic rings. The predicted octanol–water partition coefficient (Wildman–Crippen LogP) is 10.2. The molecule has 2 aromatic carbocycles. The maximum absolute atomic E-state index is 8.36. The zero-order valence-electron chi connectivity index (χ0n) is 25.6. The van der Waals surface area contributed by atoms with Gasteiger partial charge in [-0.1, -0.05) is 82.5 Å². The van der Waals surface area contributed by atoms with E-state index < -0.39 is 0 Å². The Bertz CT molecular complexity index is 1540. The van der Waals surface area contributed by atoms with E-state index in [1.165, 1.54) is 72.5 Å². The fourth-order valence-electron chi connectivity index (χ4n) is 10.3. The molecule has 3 aromatic rings. The standard InChI is InChI=1S/C36H44ClN.CH2O2/c1-22-12-13-33(3)14-16-36(6)31-20-26(27-21-38-29-11-10-24(37)19-25(27)29)32-23(2)8-7-9-28(32)34(31,4)15-17-35(36,5)30(33)18-22;2-1-3/h7-11,19-22,26,30,38H,12-18H2,1-6H3;1H,(H,2,3)/t22?,26?,30?,33?,34?,35-,36?;/m0./s1. The average Bonchev–Trinajstić information content (AvgIpc) is 3.35. The highest BCUT2D eigenvalue weighted by atomic mass is 35.5. The lowest BCUT2D eigenvalue weighted by Crippen LogP contribution is -2.61. The molecule has 0 bridgehead atoms. The molecule has 218 valence electrons. The topological polar surface area (TPSA) is 53.1 Å². The van der Waals surface area contributed by atoms with Crippen LogP contribution in [0.1, 0.15) is 108 Å². The molecule has 0 spiro atoms. The number of nitrogens with one attached hydrogen (secondary N) is 1. The number of fused-ring (bicyclic) bond motifs is 8. The fourth-order valence-corrected chi connectivity index (χ4v) is 10.5. The fraction of sp³-hybridized carbons (Fsp3) is 0.541. The van der Waals surface area contributed by atoms with E-state index in [1.807, 2.05) is 6.07 Å². The molecule has 1 heterocycles. The van der Waals surface area contributed by atoms with Crippen molar-refractivity contribution in [2.75, 3.05) is 0 Å². The first-order valence-corrected chi connectivity index (χ1v) is 16.0. The third kappa shape index (κ3) is 4.01. The summed E-state index contributed by atoms with van der Waals surface area (Å²) in [6.45, 7) is 15.2. The molecule has 4 heteroatoms. The molecule has 6 unspecified atom stereocenters. The van der Waals surface area contributed by atoms with Crippen LogP contribution in [0.4, 0.5) is 0 Å². The molecule has 7 atom stereocenters. The number of hydrogen-bond donors (Lipinski definition) is 2. The van der Waals surface area contributed by atoms with Crippen LogP contribution < -0.4 is 0 Å². The van der Waals surface area contributed by atoms with Crippen molar-refractivity contribution in [3.8, 4) is 0 Å². The Hall–Kier alpha value is -2.52. The molecule has 7 rings (SSSR count). The number of halogens is 1. The molecule has 4 aliphatic carbocycles. The van der Waals surface area contributed by atoms with Crippen molar-refractivity contribution in [2.45, 2.75) is 97.8 Å². The predicted molar refractivity (Wildman–Crippen MR) is 170 cm³/mol. The summed E-state index contributed by atoms with van der Waals surface area (Å²) < 4.78 is 0. The van der Waals surface area contributed by atoms with Crippen molar-refractivity contribution in [1.82, 2.24) is 4.98 Å². The quantitative estimate of drug-likeness (QED) is 0.225. The van der Waals surface area contributed by atoms with Gasteiger partial charge >= 0.3 is 0 Å². The van der Waals surface area contributed by atoms with E-state index in [2.05, 4.69) is 89.1 Å². The van der Waals surface area contributed by atoms with Crippen molar-refractivity contribution in [1.29, 1.82) is 0 Å². The third-order valence-electron chi connectivity index (χ3n) is 12.8. The van der Waals surface area contributed by atoms with Gasteiger partial charge < -0.3 is 10.1 Å². The first-order chi connectivity index (χ1) is 19.4. The van der Waals surface area contributed by atoms with Crippen LogP contribution in [0.25, 0.3) is 10.9 Å². The molecule has 3 saturated carbocycles. The van der Waals surface area contributed by atoms with Crippen molar-refractivity contribution < 1.29 is 9.90 Å². The number of rotatable bonds is 1. The summed E-state index contributed by atoms with van der Waals surface area (Å²) in [5.74, 6) is 1.92. The van der Waals surface area contributed by atoms with Gasteiger partial charge in [0.15, 0.2) is 0 Å². The van der Waals surface area contributed by atoms with Crippen LogP contribution in [-0.2, 0) is 10.2 Å². The molecular weight excluding hydrogens is 526 g/mol. The summed E-state index contributed by atoms with van der Waals surface area (Å²) in [4.78, 5) is 11.9. The second-order valence-corrected chi connectivity index (χ2v) is 15.2. The molecule has 2 N–H and O–H groups in total. The number of carbonyl (C=O) groups is 1. The van der Waals surface area contributed by atoms with Crippen molar-refractivity contribution in [3.05, 3.63) is 81.5 Å². The molecule has 0 radical (unpaired) electrons. The molecular formula is C37H46ClNO2. The smallest absolute Gasteiger partial charge is 0.290 e. The summed E-state index contributed by atoms with van der Waals surface area (Å²) in [6, 6.07) is 13.4. The zero-order chi connectivity index (χ0) is 29.4. The van der Waals surface area contributed by atoms with Crippen LogP contribution in [0.2, 0.25) is 5.02 Å². The first kappa shape index (κ1) is 28.6. The lowest BCUT2D eigenvalue weighted by atomic mass is 9.35. The van der Waals surface area contributed by atoms with Gasteiger partial charge in [-0.3, -0.25) is 4.79 Å². The monoisotopic (exact) mass is 571 g/mol. The number of H-pyrrole nitrogens is 1. The number of benzene rings is 2. The van der Waals surface area contributed by atoms with Gasteiger partial charge in [-0.25, -0.2) is 0 Å². The van der Waals surface area contributed by atoms with E-state index >= 15 is 0 Å². The van der Waals surface area contributed by atoms with Gasteiger partial charge in [-0.15, -0.1) is 0 Å². The van der Waals surface area contributed by atoms with Crippen LogP contribution in [0.3, 0.4) is 0 Å². The Morgan fingerprint density at radius 3 is 2.54 bits per heavy atom. The summed E-state index contributed by atoms with van der Waals surface area (Å²) >= 11 is 6.54. The molecule has 0 aliphatic heterocycles. The highest BCUT2D eigenvalue weighted by Crippen LogP contribution is 2.74. The Balaban J connectivity index is 0.000000967. The van der Waals surface area contributed by atoms with E-state index in [1.54, 1.807) is 11.1 Å². The molecule has 3 fully saturated rings. The summed E-state index contributed by atoms with van der Waals surface area (Å²) in [7, 11) is 0. The Morgan fingerprint density at radius 1 is 1.02 bits per heavy atom. The number of carboxylic acid groups (broad SMARTS) is 1. The zero-order valence-corrected chi connectivity index (χ0v) is 26.4. The number of aromatic nitrogens is 1. The second-order valence-electron chi connectivity index (χ2n) is 14.8. The van der Waals surface area contributed by atoms with Gasteiger partial charge in [0.1, 0.15) is 0 Å². The van der Waals surface area contributed by atoms with Crippen molar-refractivity contribution >= 4 is 29.0 Å². The Labute approximate surface area is 250 Å². The largest absolute Gasteiger partial charge is 0.483 e. The minimum Gasteiger partial charge on any atom is -0.483 e. The van der Waals surface area contributed by atoms with Gasteiger partial charge in [-0.05, 0) is 114 Å². The maximum atomic E-state index is 8.36. The summed E-state index contributed by atoms with van der Waals surface area (Å²) in [5.41, 5.74) is 9.96. The minimum atomic E-state index is -0.250. The van der Waals surface area contributed by atoms with Gasteiger partial charge in [0.05, 0.1) is 0 Å². The highest BCUT2D eigenvalue weighted by Gasteiger charge is 2.65. The van der Waals surface area contributed by atoms with Crippen molar-refractivity contribution in [2.24, 2.45) is 28.1 Å². The lowest BCUT2D eigenvalue weighted by molar-refractivity contribution is -0.145.